The van der Waals surface area contributed by atoms with Crippen LogP contribution in [0.4, 0.5) is 0 Å². The Balaban J connectivity index is 0.00000208. The van der Waals surface area contributed by atoms with Crippen molar-refractivity contribution in [1.82, 2.24) is 30.4 Å². The van der Waals surface area contributed by atoms with Gasteiger partial charge < -0.3 is 15.2 Å². The van der Waals surface area contributed by atoms with Gasteiger partial charge in [0, 0.05) is 31.1 Å². The zero-order chi connectivity index (χ0) is 16.1. The molecular weight excluding hydrogens is 437 g/mol. The van der Waals surface area contributed by atoms with E-state index in [0.717, 1.165) is 42.0 Å². The average Bonchev–Trinajstić information content (AvgIpc) is 3.22. The van der Waals surface area contributed by atoms with E-state index in [0.29, 0.717) is 13.1 Å². The van der Waals surface area contributed by atoms with Gasteiger partial charge in [-0.25, -0.2) is 4.98 Å². The van der Waals surface area contributed by atoms with Gasteiger partial charge in [0.1, 0.15) is 10.8 Å². The van der Waals surface area contributed by atoms with Gasteiger partial charge >= 0.3 is 0 Å². The van der Waals surface area contributed by atoms with Gasteiger partial charge in [0.05, 0.1) is 13.1 Å². The lowest BCUT2D eigenvalue weighted by Crippen LogP contribution is -2.37. The van der Waals surface area contributed by atoms with E-state index >= 15 is 0 Å². The van der Waals surface area contributed by atoms with E-state index in [1.165, 1.54) is 17.7 Å². The van der Waals surface area contributed by atoms with Crippen molar-refractivity contribution >= 4 is 41.3 Å². The molecule has 132 valence electrons. The van der Waals surface area contributed by atoms with E-state index in [9.17, 15) is 0 Å². The third-order valence-electron chi connectivity index (χ3n) is 3.93. The molecule has 0 aliphatic carbocycles. The molecule has 0 bridgehead atoms. The number of aromatic nitrogens is 4. The third-order valence-corrected chi connectivity index (χ3v) is 5.07. The smallest absolute Gasteiger partial charge is 0.191 e. The number of aliphatic imine (C=N–C) groups is 1. The lowest BCUT2D eigenvalue weighted by atomic mass is 10.2. The molecule has 0 aromatic carbocycles. The second-order valence-electron chi connectivity index (χ2n) is 5.49. The highest BCUT2D eigenvalue weighted by atomic mass is 127. The Hall–Kier alpha value is -1.23. The number of nitrogens with zero attached hydrogens (tertiary/aromatic N) is 5. The standard InChI is InChI=1S/C15H23N7S.HI/c1-3-11-8-17-14(23-11)10-19-15(16-2)18-9-13-21-20-12-6-4-5-7-22(12)13;/h8H,3-7,9-10H2,1-2H3,(H2,16,18,19);1H. The van der Waals surface area contributed by atoms with Gasteiger partial charge in [0.2, 0.25) is 0 Å². The average molecular weight is 461 g/mol. The summed E-state index contributed by atoms with van der Waals surface area (Å²) >= 11 is 1.74. The predicted molar refractivity (Wildman–Crippen MR) is 107 cm³/mol. The number of fused-ring (bicyclic) bond motifs is 1. The van der Waals surface area contributed by atoms with Crippen LogP contribution in [0.15, 0.2) is 11.2 Å². The van der Waals surface area contributed by atoms with E-state index in [4.69, 9.17) is 0 Å². The van der Waals surface area contributed by atoms with Gasteiger partial charge in [-0.2, -0.15) is 0 Å². The molecule has 9 heteroatoms. The number of guanidine groups is 1. The topological polar surface area (TPSA) is 80.0 Å². The first-order chi connectivity index (χ1) is 11.3. The summed E-state index contributed by atoms with van der Waals surface area (Å²) in [7, 11) is 1.77. The van der Waals surface area contributed by atoms with Crippen molar-refractivity contribution < 1.29 is 0 Å². The van der Waals surface area contributed by atoms with Gasteiger partial charge in [-0.15, -0.1) is 45.5 Å². The number of rotatable bonds is 5. The van der Waals surface area contributed by atoms with Gasteiger partial charge in [-0.3, -0.25) is 4.99 Å². The van der Waals surface area contributed by atoms with Crippen LogP contribution in [0.2, 0.25) is 0 Å². The monoisotopic (exact) mass is 461 g/mol. The maximum atomic E-state index is 4.41. The zero-order valence-electron chi connectivity index (χ0n) is 14.1. The van der Waals surface area contributed by atoms with Gasteiger partial charge in [-0.05, 0) is 19.3 Å². The molecule has 2 aromatic rings. The molecule has 0 fully saturated rings. The first-order valence-corrected chi connectivity index (χ1v) is 8.91. The maximum Gasteiger partial charge on any atom is 0.191 e. The molecule has 3 rings (SSSR count). The highest BCUT2D eigenvalue weighted by molar-refractivity contribution is 14.0. The van der Waals surface area contributed by atoms with Crippen molar-refractivity contribution in [2.75, 3.05) is 7.05 Å². The molecule has 0 saturated heterocycles. The number of aryl methyl sites for hydroxylation is 2. The largest absolute Gasteiger partial charge is 0.350 e. The van der Waals surface area contributed by atoms with Crippen LogP contribution in [-0.2, 0) is 32.5 Å². The SMILES string of the molecule is CCc1cnc(CNC(=NC)NCc2nnc3n2CCCC3)s1.I. The summed E-state index contributed by atoms with van der Waals surface area (Å²) in [4.78, 5) is 9.97. The highest BCUT2D eigenvalue weighted by Crippen LogP contribution is 2.14. The summed E-state index contributed by atoms with van der Waals surface area (Å²) in [6.45, 7) is 4.47. The van der Waals surface area contributed by atoms with Crippen LogP contribution in [0.5, 0.6) is 0 Å². The molecule has 1 aliphatic heterocycles. The minimum Gasteiger partial charge on any atom is -0.350 e. The van der Waals surface area contributed by atoms with Crippen LogP contribution in [0, 0.1) is 0 Å². The molecule has 2 N–H and O–H groups in total. The molecule has 0 spiro atoms. The van der Waals surface area contributed by atoms with Gasteiger partial charge in [0.15, 0.2) is 11.8 Å². The van der Waals surface area contributed by atoms with Crippen LogP contribution >= 0.6 is 35.3 Å². The predicted octanol–water partition coefficient (Wildman–Crippen LogP) is 2.12. The maximum absolute atomic E-state index is 4.41. The minimum atomic E-state index is 0. The Bertz CT molecular complexity index is 679. The van der Waals surface area contributed by atoms with Crippen molar-refractivity contribution in [3.8, 4) is 0 Å². The molecule has 24 heavy (non-hydrogen) atoms. The molecule has 2 aromatic heterocycles. The van der Waals surface area contributed by atoms with Crippen molar-refractivity contribution in [3.05, 3.63) is 27.7 Å². The molecule has 7 nitrogen and oxygen atoms in total. The van der Waals surface area contributed by atoms with Crippen LogP contribution < -0.4 is 10.6 Å². The summed E-state index contributed by atoms with van der Waals surface area (Å²) in [5.41, 5.74) is 0. The molecule has 0 saturated carbocycles. The lowest BCUT2D eigenvalue weighted by Gasteiger charge is -2.15. The van der Waals surface area contributed by atoms with Crippen LogP contribution in [-0.4, -0.2) is 32.8 Å². The molecule has 0 amide bonds. The minimum absolute atomic E-state index is 0. The number of nitrogens with one attached hydrogen (secondary N) is 2. The van der Waals surface area contributed by atoms with Gasteiger partial charge in [0.25, 0.3) is 0 Å². The zero-order valence-corrected chi connectivity index (χ0v) is 17.2. The second-order valence-corrected chi connectivity index (χ2v) is 6.69. The fraction of sp³-hybridized carbons (Fsp3) is 0.600. The number of hydrogen-bond acceptors (Lipinski definition) is 5. The van der Waals surface area contributed by atoms with E-state index < -0.39 is 0 Å². The Labute approximate surface area is 163 Å². The lowest BCUT2D eigenvalue weighted by molar-refractivity contribution is 0.504. The van der Waals surface area contributed by atoms with Crippen molar-refractivity contribution in [3.63, 3.8) is 0 Å². The van der Waals surface area contributed by atoms with Crippen LogP contribution in [0.1, 0.15) is 41.3 Å². The van der Waals surface area contributed by atoms with Crippen molar-refractivity contribution in [2.24, 2.45) is 4.99 Å². The van der Waals surface area contributed by atoms with E-state index in [1.54, 1.807) is 18.4 Å². The van der Waals surface area contributed by atoms with Gasteiger partial charge in [-0.1, -0.05) is 6.92 Å². The molecule has 0 unspecified atom stereocenters. The van der Waals surface area contributed by atoms with Crippen LogP contribution in [0.3, 0.4) is 0 Å². The van der Waals surface area contributed by atoms with Crippen molar-refractivity contribution in [1.29, 1.82) is 0 Å². The van der Waals surface area contributed by atoms with Crippen molar-refractivity contribution in [2.45, 2.75) is 52.2 Å². The molecule has 0 atom stereocenters. The number of halogens is 1. The third kappa shape index (κ3) is 4.65. The quantitative estimate of drug-likeness (QED) is 0.405. The molecule has 0 radical (unpaired) electrons. The first kappa shape index (κ1) is 19.1. The number of hydrogen-bond donors (Lipinski definition) is 2. The highest BCUT2D eigenvalue weighted by Gasteiger charge is 2.15. The first-order valence-electron chi connectivity index (χ1n) is 8.09. The van der Waals surface area contributed by atoms with E-state index in [1.807, 2.05) is 6.20 Å². The van der Waals surface area contributed by atoms with Crippen LogP contribution in [0.25, 0.3) is 0 Å². The summed E-state index contributed by atoms with van der Waals surface area (Å²) in [5, 5.41) is 16.2. The summed E-state index contributed by atoms with van der Waals surface area (Å²) < 4.78 is 2.22. The Morgan fingerprint density at radius 1 is 1.29 bits per heavy atom. The molecule has 3 heterocycles. The molecular formula is C15H24IN7S. The number of thiazole rings is 1. The fourth-order valence-corrected chi connectivity index (χ4v) is 3.44. The Morgan fingerprint density at radius 3 is 2.88 bits per heavy atom. The van der Waals surface area contributed by atoms with E-state index in [-0.39, 0.29) is 24.0 Å². The van der Waals surface area contributed by atoms with E-state index in [2.05, 4.69) is 42.3 Å². The Kier molecular flexibility index (Phi) is 7.40. The summed E-state index contributed by atoms with van der Waals surface area (Å²) in [6.07, 6.45) is 6.42. The summed E-state index contributed by atoms with van der Waals surface area (Å²) in [5.74, 6) is 2.84. The normalized spacial score (nSPS) is 14.0. The molecule has 1 aliphatic rings. The summed E-state index contributed by atoms with van der Waals surface area (Å²) in [6, 6.07) is 0. The second kappa shape index (κ2) is 9.30. The fourth-order valence-electron chi connectivity index (χ4n) is 2.64. The Morgan fingerprint density at radius 2 is 2.12 bits per heavy atom.